The van der Waals surface area contributed by atoms with Crippen LogP contribution in [0.1, 0.15) is 12.8 Å². The molecule has 38 heavy (non-hydrogen) atoms. The van der Waals surface area contributed by atoms with E-state index in [-0.39, 0.29) is 0 Å². The summed E-state index contributed by atoms with van der Waals surface area (Å²) in [6.45, 7) is 0. The minimum atomic E-state index is -7.85. The third kappa shape index (κ3) is 8.13. The Bertz CT molecular complexity index is 792. The number of esters is 2. The Labute approximate surface area is 200 Å². The topological polar surface area (TPSA) is 110 Å². The van der Waals surface area contributed by atoms with Crippen molar-refractivity contribution < 1.29 is 105 Å². The van der Waals surface area contributed by atoms with Crippen molar-refractivity contribution in [2.75, 3.05) is 14.2 Å². The Morgan fingerprint density at radius 3 is 1.24 bits per heavy atom. The Kier molecular flexibility index (Phi) is 11.6. The van der Waals surface area contributed by atoms with Gasteiger partial charge in [0.1, 0.15) is 0 Å². The molecule has 0 bridgehead atoms. The lowest BCUT2D eigenvalue weighted by Crippen LogP contribution is -2.65. The standard InChI is InChI=1S/C15H14F14O9/c1-33-6(30)3-5(4-7(31)34-2)35-10(18,19)8(16)36-14(26,27)12(22,23)13(24,25)15(28,29)37-9(17)11(20,21)38-32/h5,8-9,32H,3-4H2,1-2H3. The van der Waals surface area contributed by atoms with Gasteiger partial charge in [-0.1, -0.05) is 0 Å². The number of alkyl halides is 14. The van der Waals surface area contributed by atoms with Gasteiger partial charge in [0.15, 0.2) is 0 Å². The van der Waals surface area contributed by atoms with Crippen molar-refractivity contribution in [1.82, 2.24) is 0 Å². The number of hydrogen-bond donors (Lipinski definition) is 1. The molecule has 0 aromatic heterocycles. The quantitative estimate of drug-likeness (QED) is 0.120. The average Bonchev–Trinajstić information content (AvgIpc) is 2.77. The number of methoxy groups -OCH3 is 2. The van der Waals surface area contributed by atoms with Gasteiger partial charge in [-0.05, 0) is 0 Å². The first-order valence-electron chi connectivity index (χ1n) is 8.89. The highest BCUT2D eigenvalue weighted by molar-refractivity contribution is 5.73. The van der Waals surface area contributed by atoms with Crippen LogP contribution >= 0.6 is 0 Å². The largest absolute Gasteiger partial charge is 0.469 e. The highest BCUT2D eigenvalue weighted by Gasteiger charge is 2.84. The third-order valence-corrected chi connectivity index (χ3v) is 3.85. The van der Waals surface area contributed by atoms with Crippen molar-refractivity contribution >= 4 is 11.9 Å². The molecular weight excluding hydrogens is 590 g/mol. The second-order valence-electron chi connectivity index (χ2n) is 6.57. The van der Waals surface area contributed by atoms with Crippen LogP contribution in [-0.2, 0) is 38.2 Å². The zero-order valence-electron chi connectivity index (χ0n) is 18.2. The van der Waals surface area contributed by atoms with Crippen molar-refractivity contribution in [3.63, 3.8) is 0 Å². The van der Waals surface area contributed by atoms with E-state index in [4.69, 9.17) is 5.26 Å². The van der Waals surface area contributed by atoms with E-state index in [0.29, 0.717) is 14.2 Å². The molecule has 2 atom stereocenters. The summed E-state index contributed by atoms with van der Waals surface area (Å²) in [6.07, 6.45) is -42.4. The van der Waals surface area contributed by atoms with Crippen LogP contribution in [0, 0.1) is 0 Å². The Morgan fingerprint density at radius 2 is 0.947 bits per heavy atom. The van der Waals surface area contributed by atoms with Gasteiger partial charge in [0.25, 0.3) is 12.7 Å². The minimum Gasteiger partial charge on any atom is -0.469 e. The SMILES string of the molecule is COC(=O)CC(CC(=O)OC)OC(F)(F)C(F)OC(F)(F)C(F)(F)C(F)(F)C(F)(F)OC(F)C(F)(F)OO. The monoisotopic (exact) mass is 604 g/mol. The summed E-state index contributed by atoms with van der Waals surface area (Å²) in [5.74, 6) is -18.6. The smallest absolute Gasteiger partial charge is 0.436 e. The van der Waals surface area contributed by atoms with Gasteiger partial charge in [-0.3, -0.25) is 19.1 Å². The summed E-state index contributed by atoms with van der Waals surface area (Å²) in [7, 11) is 1.31. The van der Waals surface area contributed by atoms with Crippen LogP contribution in [0.4, 0.5) is 61.5 Å². The van der Waals surface area contributed by atoms with Crippen LogP contribution in [0.3, 0.4) is 0 Å². The highest BCUT2D eigenvalue weighted by Crippen LogP contribution is 2.55. The van der Waals surface area contributed by atoms with E-state index in [0.717, 1.165) is 0 Å². The fraction of sp³-hybridized carbons (Fsp3) is 0.867. The molecule has 0 rings (SSSR count). The molecule has 0 heterocycles. The van der Waals surface area contributed by atoms with E-state index in [9.17, 15) is 71.1 Å². The summed E-state index contributed by atoms with van der Waals surface area (Å²) >= 11 is 0. The molecule has 0 aliphatic heterocycles. The van der Waals surface area contributed by atoms with Gasteiger partial charge in [-0.25, -0.2) is 14.0 Å². The van der Waals surface area contributed by atoms with Crippen LogP contribution in [0.15, 0.2) is 0 Å². The maximum absolute atomic E-state index is 13.8. The second kappa shape index (κ2) is 12.3. The van der Waals surface area contributed by atoms with E-state index in [1.54, 1.807) is 0 Å². The normalized spacial score (nSPS) is 15.8. The van der Waals surface area contributed by atoms with Gasteiger partial charge >= 0.3 is 48.2 Å². The fourth-order valence-electron chi connectivity index (χ4n) is 1.92. The number of hydrogen-bond acceptors (Lipinski definition) is 9. The summed E-state index contributed by atoms with van der Waals surface area (Å²) in [4.78, 5) is 24.2. The van der Waals surface area contributed by atoms with Gasteiger partial charge in [-0.15, -0.1) is 0 Å². The van der Waals surface area contributed by atoms with Crippen molar-refractivity contribution in [1.29, 1.82) is 0 Å². The molecule has 0 aliphatic rings. The number of carbonyl (C=O) groups excluding carboxylic acids is 2. The lowest BCUT2D eigenvalue weighted by molar-refractivity contribution is -0.516. The number of rotatable bonds is 16. The van der Waals surface area contributed by atoms with Gasteiger partial charge in [0, 0.05) is 0 Å². The molecule has 2 unspecified atom stereocenters. The molecule has 0 saturated carbocycles. The molecule has 0 amide bonds. The van der Waals surface area contributed by atoms with Crippen molar-refractivity contribution in [3.8, 4) is 0 Å². The Morgan fingerprint density at radius 1 is 0.632 bits per heavy atom. The molecular formula is C15H14F14O9. The minimum absolute atomic E-state index is 0.655. The van der Waals surface area contributed by atoms with E-state index >= 15 is 0 Å². The lowest BCUT2D eigenvalue weighted by atomic mass is 10.1. The summed E-state index contributed by atoms with van der Waals surface area (Å²) in [5, 5.41) is 7.55. The first-order valence-corrected chi connectivity index (χ1v) is 8.89. The van der Waals surface area contributed by atoms with Gasteiger partial charge in [0.05, 0.1) is 33.2 Å². The molecule has 0 fully saturated rings. The Hall–Kier alpha value is -2.24. The Balaban J connectivity index is 5.95. The molecule has 0 aliphatic carbocycles. The third-order valence-electron chi connectivity index (χ3n) is 3.85. The average molecular weight is 604 g/mol. The van der Waals surface area contributed by atoms with Gasteiger partial charge < -0.3 is 14.2 Å². The molecule has 0 saturated heterocycles. The van der Waals surface area contributed by atoms with Gasteiger partial charge in [-0.2, -0.15) is 57.6 Å². The van der Waals surface area contributed by atoms with Crippen LogP contribution in [-0.4, -0.2) is 86.5 Å². The molecule has 0 aromatic carbocycles. The molecule has 23 heteroatoms. The summed E-state index contributed by atoms with van der Waals surface area (Å²) in [6, 6.07) is 0. The molecule has 0 aromatic rings. The maximum Gasteiger partial charge on any atom is 0.436 e. The number of carbonyl (C=O) groups is 2. The number of halogens is 14. The fourth-order valence-corrected chi connectivity index (χ4v) is 1.92. The van der Waals surface area contributed by atoms with Crippen LogP contribution < -0.4 is 0 Å². The molecule has 9 nitrogen and oxygen atoms in total. The highest BCUT2D eigenvalue weighted by atomic mass is 19.4. The van der Waals surface area contributed by atoms with E-state index < -0.39 is 79.9 Å². The van der Waals surface area contributed by atoms with Gasteiger partial charge in [0.2, 0.25) is 0 Å². The van der Waals surface area contributed by atoms with Crippen LogP contribution in [0.2, 0.25) is 0 Å². The zero-order valence-corrected chi connectivity index (χ0v) is 18.2. The van der Waals surface area contributed by atoms with E-state index in [1.807, 2.05) is 9.62 Å². The molecule has 0 radical (unpaired) electrons. The lowest BCUT2D eigenvalue weighted by Gasteiger charge is -2.37. The first kappa shape index (κ1) is 35.8. The van der Waals surface area contributed by atoms with Crippen molar-refractivity contribution in [3.05, 3.63) is 0 Å². The summed E-state index contributed by atoms with van der Waals surface area (Å²) in [5.41, 5.74) is 0. The van der Waals surface area contributed by atoms with Crippen molar-refractivity contribution in [2.24, 2.45) is 0 Å². The molecule has 0 spiro atoms. The summed E-state index contributed by atoms with van der Waals surface area (Å²) < 4.78 is 203. The van der Waals surface area contributed by atoms with E-state index in [2.05, 4.69) is 18.9 Å². The molecule has 1 N–H and O–H groups in total. The second-order valence-corrected chi connectivity index (χ2v) is 6.57. The maximum atomic E-state index is 13.8. The zero-order chi connectivity index (χ0) is 30.5. The number of ether oxygens (including phenoxy) is 5. The molecule has 226 valence electrons. The van der Waals surface area contributed by atoms with Crippen molar-refractivity contribution in [2.45, 2.75) is 67.9 Å². The van der Waals surface area contributed by atoms with E-state index in [1.165, 1.54) is 0 Å². The predicted octanol–water partition coefficient (Wildman–Crippen LogP) is 4.25. The van der Waals surface area contributed by atoms with Crippen LogP contribution in [0.5, 0.6) is 0 Å². The first-order chi connectivity index (χ1) is 16.8. The predicted molar refractivity (Wildman–Crippen MR) is 83.5 cm³/mol. The van der Waals surface area contributed by atoms with Crippen LogP contribution in [0.25, 0.3) is 0 Å².